The van der Waals surface area contributed by atoms with E-state index in [1.54, 1.807) is 49.7 Å². The number of pyridine rings is 1. The Bertz CT molecular complexity index is 944. The minimum atomic E-state index is -0.160. The number of rotatable bonds is 7. The van der Waals surface area contributed by atoms with Crippen LogP contribution in [0.5, 0.6) is 11.5 Å². The maximum Gasteiger partial charge on any atom is 0.260 e. The number of benzene rings is 1. The van der Waals surface area contributed by atoms with Crippen LogP contribution in [0.15, 0.2) is 42.7 Å². The van der Waals surface area contributed by atoms with Gasteiger partial charge in [-0.05, 0) is 36.2 Å². The summed E-state index contributed by atoms with van der Waals surface area (Å²) in [4.78, 5) is 18.9. The highest BCUT2D eigenvalue weighted by molar-refractivity contribution is 7.18. The second-order valence-corrected chi connectivity index (χ2v) is 7.46. The molecule has 0 unspecified atom stereocenters. The van der Waals surface area contributed by atoms with E-state index in [0.717, 1.165) is 10.6 Å². The average molecular weight is 398 g/mol. The lowest BCUT2D eigenvalue weighted by Gasteiger charge is -2.22. The molecule has 8 heteroatoms. The predicted molar refractivity (Wildman–Crippen MR) is 109 cm³/mol. The van der Waals surface area contributed by atoms with Crippen molar-refractivity contribution in [3.05, 3.63) is 48.3 Å². The van der Waals surface area contributed by atoms with E-state index in [1.807, 2.05) is 12.1 Å². The Balaban J connectivity index is 1.94. The van der Waals surface area contributed by atoms with Crippen LogP contribution in [0, 0.1) is 5.92 Å². The molecule has 0 saturated carbocycles. The van der Waals surface area contributed by atoms with E-state index < -0.39 is 0 Å². The van der Waals surface area contributed by atoms with E-state index in [1.165, 1.54) is 11.3 Å². The Hall–Kier alpha value is -3.00. The second-order valence-electron chi connectivity index (χ2n) is 6.51. The number of aromatic nitrogens is 3. The van der Waals surface area contributed by atoms with E-state index in [0.29, 0.717) is 28.7 Å². The third-order valence-electron chi connectivity index (χ3n) is 4.00. The van der Waals surface area contributed by atoms with Crippen LogP contribution in [0.25, 0.3) is 10.6 Å². The molecular formula is C20H22N4O3S. The SMILES string of the molecule is COc1ccc(C(=O)N(CC(C)C)c2nnc(-c3ccncc3)s2)cc1OC. The first-order valence-corrected chi connectivity index (χ1v) is 9.63. The van der Waals surface area contributed by atoms with Crippen LogP contribution in [-0.2, 0) is 0 Å². The van der Waals surface area contributed by atoms with Gasteiger partial charge in [0.2, 0.25) is 5.13 Å². The van der Waals surface area contributed by atoms with Gasteiger partial charge in [0.05, 0.1) is 14.2 Å². The maximum atomic E-state index is 13.3. The zero-order valence-corrected chi connectivity index (χ0v) is 17.1. The van der Waals surface area contributed by atoms with Gasteiger partial charge in [0.15, 0.2) is 11.5 Å². The lowest BCUT2D eigenvalue weighted by atomic mass is 10.1. The summed E-state index contributed by atoms with van der Waals surface area (Å²) in [7, 11) is 3.11. The highest BCUT2D eigenvalue weighted by Gasteiger charge is 2.24. The average Bonchev–Trinajstić information content (AvgIpc) is 3.21. The minimum Gasteiger partial charge on any atom is -0.493 e. The number of ether oxygens (including phenoxy) is 2. The largest absolute Gasteiger partial charge is 0.493 e. The van der Waals surface area contributed by atoms with Crippen molar-refractivity contribution in [2.75, 3.05) is 25.7 Å². The summed E-state index contributed by atoms with van der Waals surface area (Å²) >= 11 is 1.38. The van der Waals surface area contributed by atoms with Gasteiger partial charge in [0.25, 0.3) is 5.91 Å². The molecule has 0 aliphatic rings. The number of amides is 1. The summed E-state index contributed by atoms with van der Waals surface area (Å²) in [5, 5.41) is 9.82. The van der Waals surface area contributed by atoms with Crippen molar-refractivity contribution in [3.8, 4) is 22.1 Å². The number of nitrogens with zero attached hydrogens (tertiary/aromatic N) is 4. The van der Waals surface area contributed by atoms with E-state index in [2.05, 4.69) is 29.0 Å². The van der Waals surface area contributed by atoms with Gasteiger partial charge < -0.3 is 9.47 Å². The zero-order valence-electron chi connectivity index (χ0n) is 16.2. The Kier molecular flexibility index (Phi) is 6.20. The molecule has 1 amide bonds. The molecule has 3 rings (SSSR count). The molecule has 7 nitrogen and oxygen atoms in total. The third kappa shape index (κ3) is 4.28. The fourth-order valence-electron chi connectivity index (χ4n) is 2.67. The summed E-state index contributed by atoms with van der Waals surface area (Å²) in [6.07, 6.45) is 3.41. The second kappa shape index (κ2) is 8.79. The summed E-state index contributed by atoms with van der Waals surface area (Å²) in [6, 6.07) is 8.86. The summed E-state index contributed by atoms with van der Waals surface area (Å²) < 4.78 is 10.6. The number of methoxy groups -OCH3 is 2. The van der Waals surface area contributed by atoms with Crippen molar-refractivity contribution in [1.82, 2.24) is 15.2 Å². The van der Waals surface area contributed by atoms with Crippen molar-refractivity contribution < 1.29 is 14.3 Å². The first kappa shape index (κ1) is 19.8. The molecule has 0 N–H and O–H groups in total. The molecule has 28 heavy (non-hydrogen) atoms. The number of carbonyl (C=O) groups excluding carboxylic acids is 1. The zero-order chi connectivity index (χ0) is 20.1. The molecule has 3 aromatic rings. The number of anilines is 1. The van der Waals surface area contributed by atoms with Crippen molar-refractivity contribution in [3.63, 3.8) is 0 Å². The molecule has 2 aromatic heterocycles. The van der Waals surface area contributed by atoms with Gasteiger partial charge in [-0.3, -0.25) is 14.7 Å². The van der Waals surface area contributed by atoms with Gasteiger partial charge in [-0.1, -0.05) is 25.2 Å². The first-order chi connectivity index (χ1) is 13.5. The van der Waals surface area contributed by atoms with E-state index >= 15 is 0 Å². The lowest BCUT2D eigenvalue weighted by molar-refractivity contribution is 0.0983. The molecule has 0 radical (unpaired) electrons. The Morgan fingerprint density at radius 1 is 1.07 bits per heavy atom. The van der Waals surface area contributed by atoms with Crippen LogP contribution >= 0.6 is 11.3 Å². The van der Waals surface area contributed by atoms with E-state index in [-0.39, 0.29) is 11.8 Å². The standard InChI is InChI=1S/C20H22N4O3S/c1-13(2)12-24(19(25)15-5-6-16(26-3)17(11-15)27-4)20-23-22-18(28-20)14-7-9-21-10-8-14/h5-11,13H,12H2,1-4H3. The molecule has 0 atom stereocenters. The highest BCUT2D eigenvalue weighted by Crippen LogP contribution is 2.32. The molecule has 0 fully saturated rings. The number of carbonyl (C=O) groups is 1. The van der Waals surface area contributed by atoms with Crippen LogP contribution in [0.3, 0.4) is 0 Å². The molecule has 146 valence electrons. The van der Waals surface area contributed by atoms with Gasteiger partial charge >= 0.3 is 0 Å². The van der Waals surface area contributed by atoms with Crippen LogP contribution in [0.4, 0.5) is 5.13 Å². The maximum absolute atomic E-state index is 13.3. The highest BCUT2D eigenvalue weighted by atomic mass is 32.1. The smallest absolute Gasteiger partial charge is 0.260 e. The molecule has 1 aromatic carbocycles. The van der Waals surface area contributed by atoms with Crippen molar-refractivity contribution in [1.29, 1.82) is 0 Å². The molecule has 0 saturated heterocycles. The Morgan fingerprint density at radius 3 is 2.43 bits per heavy atom. The monoisotopic (exact) mass is 398 g/mol. The van der Waals surface area contributed by atoms with Crippen molar-refractivity contribution in [2.45, 2.75) is 13.8 Å². The van der Waals surface area contributed by atoms with Crippen LogP contribution in [0.1, 0.15) is 24.2 Å². The van der Waals surface area contributed by atoms with Crippen molar-refractivity contribution in [2.24, 2.45) is 5.92 Å². The number of hydrogen-bond acceptors (Lipinski definition) is 7. The first-order valence-electron chi connectivity index (χ1n) is 8.81. The normalized spacial score (nSPS) is 10.8. The summed E-state index contributed by atoms with van der Waals surface area (Å²) in [5.41, 5.74) is 1.42. The van der Waals surface area contributed by atoms with Gasteiger partial charge in [-0.25, -0.2) is 0 Å². The van der Waals surface area contributed by atoms with Gasteiger partial charge in [-0.2, -0.15) is 0 Å². The topological polar surface area (TPSA) is 77.4 Å². The van der Waals surface area contributed by atoms with Crippen LogP contribution in [0.2, 0.25) is 0 Å². The predicted octanol–water partition coefficient (Wildman–Crippen LogP) is 3.92. The molecule has 0 aliphatic carbocycles. The summed E-state index contributed by atoms with van der Waals surface area (Å²) in [6.45, 7) is 4.64. The molecular weight excluding hydrogens is 376 g/mol. The third-order valence-corrected chi connectivity index (χ3v) is 4.99. The van der Waals surface area contributed by atoms with Crippen LogP contribution < -0.4 is 14.4 Å². The molecule has 0 spiro atoms. The molecule has 2 heterocycles. The van der Waals surface area contributed by atoms with Gasteiger partial charge in [0, 0.05) is 30.1 Å². The van der Waals surface area contributed by atoms with Gasteiger partial charge in [-0.15, -0.1) is 10.2 Å². The van der Waals surface area contributed by atoms with Gasteiger partial charge in [0.1, 0.15) is 5.01 Å². The Labute approximate surface area is 168 Å². The summed E-state index contributed by atoms with van der Waals surface area (Å²) in [5.74, 6) is 1.18. The van der Waals surface area contributed by atoms with E-state index in [4.69, 9.17) is 9.47 Å². The number of hydrogen-bond donors (Lipinski definition) is 0. The fraction of sp³-hybridized carbons (Fsp3) is 0.300. The van der Waals surface area contributed by atoms with Crippen molar-refractivity contribution >= 4 is 22.4 Å². The van der Waals surface area contributed by atoms with Crippen LogP contribution in [-0.4, -0.2) is 41.9 Å². The fourth-order valence-corrected chi connectivity index (χ4v) is 3.53. The van der Waals surface area contributed by atoms with E-state index in [9.17, 15) is 4.79 Å². The quantitative estimate of drug-likeness (QED) is 0.600. The molecule has 0 aliphatic heterocycles. The lowest BCUT2D eigenvalue weighted by Crippen LogP contribution is -2.34. The Morgan fingerprint density at radius 2 is 1.79 bits per heavy atom. The minimum absolute atomic E-state index is 0.160. The molecule has 0 bridgehead atoms.